The average Bonchev–Trinajstić information content (AvgIpc) is 2.75. The van der Waals surface area contributed by atoms with Gasteiger partial charge in [0, 0.05) is 12.0 Å². The Morgan fingerprint density at radius 2 is 1.57 bits per heavy atom. The van der Waals surface area contributed by atoms with Crippen LogP contribution in [0.3, 0.4) is 0 Å². The predicted molar refractivity (Wildman–Crippen MR) is 106 cm³/mol. The van der Waals surface area contributed by atoms with E-state index in [9.17, 15) is 4.79 Å². The number of nitrogens with zero attached hydrogens (tertiary/aromatic N) is 2. The van der Waals surface area contributed by atoms with E-state index in [1.165, 1.54) is 0 Å². The molecule has 0 radical (unpaired) electrons. The normalized spacial score (nSPS) is 15.2. The second-order valence-corrected chi connectivity index (χ2v) is 6.56. The number of ether oxygens (including phenoxy) is 2. The van der Waals surface area contributed by atoms with Crippen molar-refractivity contribution in [2.75, 3.05) is 7.11 Å². The van der Waals surface area contributed by atoms with Gasteiger partial charge in [-0.05, 0) is 23.3 Å². The molecule has 0 saturated heterocycles. The largest absolute Gasteiger partial charge is 0.492 e. The first-order valence-corrected chi connectivity index (χ1v) is 9.13. The van der Waals surface area contributed by atoms with Gasteiger partial charge < -0.3 is 9.47 Å². The van der Waals surface area contributed by atoms with Gasteiger partial charge in [-0.15, -0.1) is 5.11 Å². The molecule has 0 aromatic heterocycles. The number of benzene rings is 3. The first-order valence-electron chi connectivity index (χ1n) is 9.13. The lowest BCUT2D eigenvalue weighted by molar-refractivity contribution is 0.0983. The summed E-state index contributed by atoms with van der Waals surface area (Å²) in [5.41, 5.74) is 3.42. The minimum absolute atomic E-state index is 0.301. The van der Waals surface area contributed by atoms with Crippen molar-refractivity contribution in [2.45, 2.75) is 19.1 Å². The molecule has 0 bridgehead atoms. The van der Waals surface area contributed by atoms with Gasteiger partial charge in [0.2, 0.25) is 0 Å². The average molecular weight is 372 g/mol. The fourth-order valence-electron chi connectivity index (χ4n) is 3.37. The molecule has 3 aromatic rings. The Bertz CT molecular complexity index is 1000. The first kappa shape index (κ1) is 17.9. The van der Waals surface area contributed by atoms with Crippen LogP contribution in [-0.2, 0) is 13.0 Å². The van der Waals surface area contributed by atoms with Crippen LogP contribution in [0.5, 0.6) is 11.5 Å². The minimum Gasteiger partial charge on any atom is -0.492 e. The maximum absolute atomic E-state index is 12.3. The van der Waals surface area contributed by atoms with E-state index >= 15 is 0 Å². The van der Waals surface area contributed by atoms with Crippen molar-refractivity contribution in [1.82, 2.24) is 0 Å². The summed E-state index contributed by atoms with van der Waals surface area (Å²) in [5, 5.41) is 8.09. The number of hydrogen-bond donors (Lipinski definition) is 0. The van der Waals surface area contributed by atoms with Crippen molar-refractivity contribution >= 4 is 5.91 Å². The number of fused-ring (bicyclic) bond motifs is 1. The minimum atomic E-state index is -0.354. The molecule has 1 atom stereocenters. The molecular weight excluding hydrogens is 352 g/mol. The quantitative estimate of drug-likeness (QED) is 0.600. The van der Waals surface area contributed by atoms with E-state index in [0.29, 0.717) is 30.1 Å². The standard InChI is InChI=1S/C23H20N2O3/c1-27-22-20(28-15-17-10-6-3-7-11-17)13-12-18-21(22)19(24-25-23(18)26)14-16-8-4-2-5-9-16/h2-13,19H,14-15H2,1H3. The number of azo groups is 1. The Labute approximate surface area is 163 Å². The third-order valence-electron chi connectivity index (χ3n) is 4.72. The van der Waals surface area contributed by atoms with Gasteiger partial charge in [-0.25, -0.2) is 0 Å². The second-order valence-electron chi connectivity index (χ2n) is 6.56. The van der Waals surface area contributed by atoms with Gasteiger partial charge in [-0.2, -0.15) is 5.11 Å². The van der Waals surface area contributed by atoms with E-state index < -0.39 is 0 Å². The third kappa shape index (κ3) is 3.64. The van der Waals surface area contributed by atoms with Gasteiger partial charge in [0.25, 0.3) is 5.91 Å². The fourth-order valence-corrected chi connectivity index (χ4v) is 3.37. The molecule has 0 aliphatic carbocycles. The van der Waals surface area contributed by atoms with E-state index in [1.807, 2.05) is 60.7 Å². The Hall–Kier alpha value is -3.47. The molecule has 0 fully saturated rings. The number of rotatable bonds is 6. The Morgan fingerprint density at radius 1 is 0.893 bits per heavy atom. The SMILES string of the molecule is COc1c(OCc2ccccc2)ccc2c1C(Cc1ccccc1)N=NC2=O. The van der Waals surface area contributed by atoms with Crippen LogP contribution in [0, 0.1) is 0 Å². The van der Waals surface area contributed by atoms with Gasteiger partial charge >= 0.3 is 0 Å². The van der Waals surface area contributed by atoms with Crippen molar-refractivity contribution in [2.24, 2.45) is 10.2 Å². The fraction of sp³-hybridized carbons (Fsp3) is 0.174. The van der Waals surface area contributed by atoms with E-state index in [0.717, 1.165) is 16.7 Å². The van der Waals surface area contributed by atoms with Crippen molar-refractivity contribution in [1.29, 1.82) is 0 Å². The van der Waals surface area contributed by atoms with Crippen LogP contribution in [0.4, 0.5) is 0 Å². The summed E-state index contributed by atoms with van der Waals surface area (Å²) in [5.74, 6) is 0.779. The zero-order valence-corrected chi connectivity index (χ0v) is 15.5. The highest BCUT2D eigenvalue weighted by Gasteiger charge is 2.30. The topological polar surface area (TPSA) is 60.2 Å². The third-order valence-corrected chi connectivity index (χ3v) is 4.72. The van der Waals surface area contributed by atoms with Gasteiger partial charge in [-0.1, -0.05) is 60.7 Å². The summed E-state index contributed by atoms with van der Waals surface area (Å²) in [6, 6.07) is 23.1. The summed E-state index contributed by atoms with van der Waals surface area (Å²) in [4.78, 5) is 12.3. The van der Waals surface area contributed by atoms with Crippen LogP contribution >= 0.6 is 0 Å². The Balaban J connectivity index is 1.68. The zero-order valence-electron chi connectivity index (χ0n) is 15.5. The molecule has 0 saturated carbocycles. The van der Waals surface area contributed by atoms with Crippen molar-refractivity contribution in [3.8, 4) is 11.5 Å². The van der Waals surface area contributed by atoms with Crippen LogP contribution in [-0.4, -0.2) is 13.0 Å². The molecule has 0 N–H and O–H groups in total. The molecular formula is C23H20N2O3. The number of hydrogen-bond acceptors (Lipinski definition) is 4. The number of amides is 1. The molecule has 5 nitrogen and oxygen atoms in total. The predicted octanol–water partition coefficient (Wildman–Crippen LogP) is 5.16. The smallest absolute Gasteiger partial charge is 0.295 e. The molecule has 0 spiro atoms. The van der Waals surface area contributed by atoms with E-state index in [1.54, 1.807) is 19.2 Å². The van der Waals surface area contributed by atoms with Crippen LogP contribution < -0.4 is 9.47 Å². The van der Waals surface area contributed by atoms with Crippen molar-refractivity contribution in [3.63, 3.8) is 0 Å². The molecule has 1 aliphatic heterocycles. The molecule has 5 heteroatoms. The molecule has 28 heavy (non-hydrogen) atoms. The van der Waals surface area contributed by atoms with Gasteiger partial charge in [0.05, 0.1) is 12.7 Å². The zero-order chi connectivity index (χ0) is 19.3. The Morgan fingerprint density at radius 3 is 2.25 bits per heavy atom. The summed E-state index contributed by atoms with van der Waals surface area (Å²) >= 11 is 0. The number of carbonyl (C=O) groups is 1. The lowest BCUT2D eigenvalue weighted by Gasteiger charge is -2.23. The van der Waals surface area contributed by atoms with E-state index in [-0.39, 0.29) is 11.9 Å². The summed E-state index contributed by atoms with van der Waals surface area (Å²) in [6.45, 7) is 0.412. The summed E-state index contributed by atoms with van der Waals surface area (Å²) in [7, 11) is 1.58. The van der Waals surface area contributed by atoms with Gasteiger partial charge in [0.1, 0.15) is 12.6 Å². The maximum atomic E-state index is 12.3. The molecule has 1 heterocycles. The van der Waals surface area contributed by atoms with Crippen LogP contribution in [0.1, 0.15) is 33.1 Å². The molecule has 1 aliphatic rings. The van der Waals surface area contributed by atoms with Crippen molar-refractivity contribution in [3.05, 3.63) is 95.1 Å². The number of methoxy groups -OCH3 is 1. The van der Waals surface area contributed by atoms with Crippen LogP contribution in [0.2, 0.25) is 0 Å². The first-order chi connectivity index (χ1) is 13.8. The maximum Gasteiger partial charge on any atom is 0.295 e. The van der Waals surface area contributed by atoms with E-state index in [2.05, 4.69) is 10.2 Å². The van der Waals surface area contributed by atoms with Crippen LogP contribution in [0.25, 0.3) is 0 Å². The summed E-state index contributed by atoms with van der Waals surface area (Å²) < 4.78 is 11.7. The Kier molecular flexibility index (Phi) is 5.15. The van der Waals surface area contributed by atoms with E-state index in [4.69, 9.17) is 9.47 Å². The van der Waals surface area contributed by atoms with Gasteiger partial charge in [0.15, 0.2) is 11.5 Å². The molecule has 1 amide bonds. The lowest BCUT2D eigenvalue weighted by atomic mass is 9.92. The second kappa shape index (κ2) is 8.05. The summed E-state index contributed by atoms with van der Waals surface area (Å²) in [6.07, 6.45) is 0.628. The molecule has 140 valence electrons. The molecule has 4 rings (SSSR count). The molecule has 1 unspecified atom stereocenters. The highest BCUT2D eigenvalue weighted by Crippen LogP contribution is 2.42. The highest BCUT2D eigenvalue weighted by molar-refractivity contribution is 5.98. The number of carbonyl (C=O) groups excluding carboxylic acids is 1. The molecule has 3 aromatic carbocycles. The van der Waals surface area contributed by atoms with Crippen molar-refractivity contribution < 1.29 is 14.3 Å². The van der Waals surface area contributed by atoms with Crippen LogP contribution in [0.15, 0.2) is 83.0 Å². The monoisotopic (exact) mass is 372 g/mol. The lowest BCUT2D eigenvalue weighted by Crippen LogP contribution is -2.14. The van der Waals surface area contributed by atoms with Gasteiger partial charge in [-0.3, -0.25) is 4.79 Å². The highest BCUT2D eigenvalue weighted by atomic mass is 16.5.